The van der Waals surface area contributed by atoms with Crippen molar-refractivity contribution >= 4 is 0 Å². The van der Waals surface area contributed by atoms with Crippen LogP contribution >= 0.6 is 0 Å². The Morgan fingerprint density at radius 2 is 1.80 bits per heavy atom. The molecular formula is C14H23N. The lowest BCUT2D eigenvalue weighted by atomic mass is 9.78. The summed E-state index contributed by atoms with van der Waals surface area (Å²) in [5.41, 5.74) is 10.2. The molecule has 2 N–H and O–H groups in total. The van der Waals surface area contributed by atoms with Crippen LogP contribution in [-0.2, 0) is 5.41 Å². The summed E-state index contributed by atoms with van der Waals surface area (Å²) < 4.78 is 0. The van der Waals surface area contributed by atoms with Gasteiger partial charge in [0.15, 0.2) is 0 Å². The fraction of sp³-hybridized carbons (Fsp3) is 0.571. The minimum atomic E-state index is 0.173. The quantitative estimate of drug-likeness (QED) is 0.805. The van der Waals surface area contributed by atoms with E-state index in [9.17, 15) is 0 Å². The standard InChI is InChI=1S/C14H23N/c1-10-6-7-13(8-11(10)2)14(4,5)9-12(3)15/h6-8,12H,9,15H2,1-5H3/t12-/m0/s1. The Labute approximate surface area is 93.7 Å². The minimum absolute atomic E-state index is 0.173. The van der Waals surface area contributed by atoms with Crippen molar-refractivity contribution in [2.24, 2.45) is 5.73 Å². The van der Waals surface area contributed by atoms with E-state index in [1.807, 2.05) is 0 Å². The Morgan fingerprint density at radius 1 is 1.20 bits per heavy atom. The Morgan fingerprint density at radius 3 is 2.27 bits per heavy atom. The molecule has 0 spiro atoms. The van der Waals surface area contributed by atoms with E-state index in [0.717, 1.165) is 6.42 Å². The number of nitrogens with two attached hydrogens (primary N) is 1. The minimum Gasteiger partial charge on any atom is -0.328 e. The van der Waals surface area contributed by atoms with Gasteiger partial charge in [0.1, 0.15) is 0 Å². The van der Waals surface area contributed by atoms with E-state index in [4.69, 9.17) is 5.73 Å². The van der Waals surface area contributed by atoms with Gasteiger partial charge in [-0.1, -0.05) is 32.0 Å². The average molecular weight is 205 g/mol. The van der Waals surface area contributed by atoms with Crippen LogP contribution in [0, 0.1) is 13.8 Å². The number of aryl methyl sites for hydroxylation is 2. The molecule has 1 rings (SSSR count). The fourth-order valence-electron chi connectivity index (χ4n) is 2.09. The number of benzene rings is 1. The molecule has 0 aliphatic rings. The average Bonchev–Trinajstić information content (AvgIpc) is 2.07. The Kier molecular flexibility index (Phi) is 3.56. The van der Waals surface area contributed by atoms with Crippen LogP contribution in [0.1, 0.15) is 43.9 Å². The zero-order valence-corrected chi connectivity index (χ0v) is 10.6. The second-order valence-electron chi connectivity index (χ2n) is 5.36. The Hall–Kier alpha value is -0.820. The van der Waals surface area contributed by atoms with Gasteiger partial charge in [-0.25, -0.2) is 0 Å². The maximum absolute atomic E-state index is 5.88. The van der Waals surface area contributed by atoms with Gasteiger partial charge in [0.2, 0.25) is 0 Å². The molecule has 1 aromatic rings. The van der Waals surface area contributed by atoms with Crippen molar-refractivity contribution in [2.45, 2.75) is 52.5 Å². The van der Waals surface area contributed by atoms with Crippen LogP contribution < -0.4 is 5.73 Å². The molecule has 1 nitrogen and oxygen atoms in total. The van der Waals surface area contributed by atoms with Crippen LogP contribution in [0.3, 0.4) is 0 Å². The third-order valence-corrected chi connectivity index (χ3v) is 3.12. The first kappa shape index (κ1) is 12.3. The molecule has 84 valence electrons. The van der Waals surface area contributed by atoms with Crippen molar-refractivity contribution in [1.29, 1.82) is 0 Å². The highest BCUT2D eigenvalue weighted by Gasteiger charge is 2.22. The largest absolute Gasteiger partial charge is 0.328 e. The molecule has 1 atom stereocenters. The summed E-state index contributed by atoms with van der Waals surface area (Å²) in [5.74, 6) is 0. The summed E-state index contributed by atoms with van der Waals surface area (Å²) in [7, 11) is 0. The lowest BCUT2D eigenvalue weighted by Gasteiger charge is -2.28. The summed E-state index contributed by atoms with van der Waals surface area (Å²) >= 11 is 0. The molecule has 0 saturated carbocycles. The van der Waals surface area contributed by atoms with Crippen molar-refractivity contribution in [3.8, 4) is 0 Å². The molecule has 15 heavy (non-hydrogen) atoms. The molecule has 0 unspecified atom stereocenters. The molecule has 0 aromatic heterocycles. The molecule has 0 aliphatic heterocycles. The predicted octanol–water partition coefficient (Wildman–Crippen LogP) is 3.32. The molecular weight excluding hydrogens is 182 g/mol. The highest BCUT2D eigenvalue weighted by atomic mass is 14.6. The molecule has 1 aromatic carbocycles. The van der Waals surface area contributed by atoms with E-state index in [2.05, 4.69) is 52.8 Å². The first-order valence-electron chi connectivity index (χ1n) is 5.66. The smallest absolute Gasteiger partial charge is 0.00187 e. The third-order valence-electron chi connectivity index (χ3n) is 3.12. The van der Waals surface area contributed by atoms with Crippen LogP contribution in [0.5, 0.6) is 0 Å². The zero-order valence-electron chi connectivity index (χ0n) is 10.6. The summed E-state index contributed by atoms with van der Waals surface area (Å²) in [4.78, 5) is 0. The van der Waals surface area contributed by atoms with Crippen LogP contribution in [0.25, 0.3) is 0 Å². The molecule has 0 aliphatic carbocycles. The summed E-state index contributed by atoms with van der Waals surface area (Å²) in [5, 5.41) is 0. The molecule has 0 saturated heterocycles. The van der Waals surface area contributed by atoms with Gasteiger partial charge < -0.3 is 5.73 Å². The van der Waals surface area contributed by atoms with E-state index in [0.29, 0.717) is 0 Å². The molecule has 0 radical (unpaired) electrons. The second kappa shape index (κ2) is 4.36. The van der Waals surface area contributed by atoms with Crippen LogP contribution in [0.2, 0.25) is 0 Å². The van der Waals surface area contributed by atoms with Gasteiger partial charge in [-0.15, -0.1) is 0 Å². The van der Waals surface area contributed by atoms with Crippen molar-refractivity contribution in [2.75, 3.05) is 0 Å². The Balaban J connectivity index is 2.99. The molecule has 0 amide bonds. The topological polar surface area (TPSA) is 26.0 Å². The van der Waals surface area contributed by atoms with Gasteiger partial charge in [-0.3, -0.25) is 0 Å². The van der Waals surface area contributed by atoms with Gasteiger partial charge in [0, 0.05) is 6.04 Å². The van der Waals surface area contributed by atoms with Crippen LogP contribution in [0.15, 0.2) is 18.2 Å². The molecule has 0 heterocycles. The predicted molar refractivity (Wildman–Crippen MR) is 67.2 cm³/mol. The summed E-state index contributed by atoms with van der Waals surface area (Å²) in [6.07, 6.45) is 1.02. The van der Waals surface area contributed by atoms with Crippen molar-refractivity contribution in [3.63, 3.8) is 0 Å². The fourth-order valence-corrected chi connectivity index (χ4v) is 2.09. The van der Waals surface area contributed by atoms with E-state index >= 15 is 0 Å². The highest BCUT2D eigenvalue weighted by molar-refractivity contribution is 5.34. The number of rotatable bonds is 3. The van der Waals surface area contributed by atoms with Gasteiger partial charge in [-0.05, 0) is 49.3 Å². The number of hydrogen-bond donors (Lipinski definition) is 1. The summed E-state index contributed by atoms with van der Waals surface area (Å²) in [6, 6.07) is 6.97. The molecule has 0 fully saturated rings. The molecule has 0 bridgehead atoms. The van der Waals surface area contributed by atoms with Gasteiger partial charge >= 0.3 is 0 Å². The lowest BCUT2D eigenvalue weighted by molar-refractivity contribution is 0.437. The van der Waals surface area contributed by atoms with E-state index in [-0.39, 0.29) is 11.5 Å². The first-order chi connectivity index (χ1) is 6.83. The van der Waals surface area contributed by atoms with Crippen LogP contribution in [-0.4, -0.2) is 6.04 Å². The zero-order chi connectivity index (χ0) is 11.6. The second-order valence-corrected chi connectivity index (χ2v) is 5.36. The van der Waals surface area contributed by atoms with E-state index in [1.54, 1.807) is 0 Å². The third kappa shape index (κ3) is 3.07. The van der Waals surface area contributed by atoms with Crippen molar-refractivity contribution in [1.82, 2.24) is 0 Å². The Bertz CT molecular complexity index is 337. The highest BCUT2D eigenvalue weighted by Crippen LogP contribution is 2.29. The van der Waals surface area contributed by atoms with Gasteiger partial charge in [0.25, 0.3) is 0 Å². The molecule has 1 heteroatoms. The maximum atomic E-state index is 5.88. The van der Waals surface area contributed by atoms with Crippen molar-refractivity contribution in [3.05, 3.63) is 34.9 Å². The lowest BCUT2D eigenvalue weighted by Crippen LogP contribution is -2.28. The normalized spacial score (nSPS) is 14.0. The van der Waals surface area contributed by atoms with E-state index in [1.165, 1.54) is 16.7 Å². The first-order valence-corrected chi connectivity index (χ1v) is 5.66. The number of hydrogen-bond acceptors (Lipinski definition) is 1. The van der Waals surface area contributed by atoms with E-state index < -0.39 is 0 Å². The SMILES string of the molecule is Cc1ccc(C(C)(C)C[C@H](C)N)cc1C. The van der Waals surface area contributed by atoms with Gasteiger partial charge in [-0.2, -0.15) is 0 Å². The van der Waals surface area contributed by atoms with Crippen molar-refractivity contribution < 1.29 is 0 Å². The maximum Gasteiger partial charge on any atom is 0.00187 e. The monoisotopic (exact) mass is 205 g/mol. The van der Waals surface area contributed by atoms with Gasteiger partial charge in [0.05, 0.1) is 0 Å². The summed E-state index contributed by atoms with van der Waals surface area (Å²) in [6.45, 7) is 10.9. The van der Waals surface area contributed by atoms with Crippen LogP contribution in [0.4, 0.5) is 0 Å².